The van der Waals surface area contributed by atoms with Gasteiger partial charge in [0, 0.05) is 15.1 Å². The first kappa shape index (κ1) is 22.7. The smallest absolute Gasteiger partial charge is 0.282 e. The Morgan fingerprint density at radius 1 is 1.09 bits per heavy atom. The number of hydrogen-bond acceptors (Lipinski definition) is 4. The Morgan fingerprint density at radius 3 is 2.59 bits per heavy atom. The van der Waals surface area contributed by atoms with Gasteiger partial charge in [0.25, 0.3) is 5.56 Å². The van der Waals surface area contributed by atoms with Gasteiger partial charge in [-0.25, -0.2) is 4.98 Å². The molecule has 0 spiro atoms. The van der Waals surface area contributed by atoms with Gasteiger partial charge in [0.15, 0.2) is 0 Å². The Balaban J connectivity index is 1.71. The van der Waals surface area contributed by atoms with E-state index < -0.39 is 0 Å². The van der Waals surface area contributed by atoms with Gasteiger partial charge in [0.1, 0.15) is 18.2 Å². The van der Waals surface area contributed by atoms with Gasteiger partial charge in [0.05, 0.1) is 21.6 Å². The molecule has 0 saturated carbocycles. The number of rotatable bonds is 5. The van der Waals surface area contributed by atoms with Crippen LogP contribution < -0.4 is 10.3 Å². The zero-order valence-electron chi connectivity index (χ0n) is 17.3. The predicted molar refractivity (Wildman–Crippen MR) is 136 cm³/mol. The molecule has 0 amide bonds. The van der Waals surface area contributed by atoms with Crippen molar-refractivity contribution < 1.29 is 4.74 Å². The summed E-state index contributed by atoms with van der Waals surface area (Å²) in [7, 11) is 0. The van der Waals surface area contributed by atoms with Crippen LogP contribution in [0.4, 0.5) is 0 Å². The lowest BCUT2D eigenvalue weighted by Gasteiger charge is -2.12. The average molecular weight is 576 g/mol. The molecule has 3 aromatic carbocycles. The second-order valence-electron chi connectivity index (χ2n) is 7.26. The zero-order chi connectivity index (χ0) is 22.8. The van der Waals surface area contributed by atoms with Gasteiger partial charge in [-0.3, -0.25) is 4.79 Å². The maximum Gasteiger partial charge on any atom is 0.282 e. The second-order valence-corrected chi connectivity index (χ2v) is 9.47. The van der Waals surface area contributed by atoms with E-state index in [1.54, 1.807) is 37.4 Å². The minimum atomic E-state index is -0.256. The van der Waals surface area contributed by atoms with Gasteiger partial charge < -0.3 is 4.74 Å². The Labute approximate surface area is 207 Å². The van der Waals surface area contributed by atoms with Crippen molar-refractivity contribution in [3.05, 3.63) is 101 Å². The summed E-state index contributed by atoms with van der Waals surface area (Å²) in [5.74, 6) is 1.06. The molecule has 4 rings (SSSR count). The molecule has 8 heteroatoms. The van der Waals surface area contributed by atoms with Crippen molar-refractivity contribution in [1.29, 1.82) is 0 Å². The standard InChI is InChI=1S/C24H18Br2ClN3O2/c1-14-3-5-16(6-4-14)13-32-23-17(9-19(27)11-21(23)26)12-28-30-15(2)29-22-8-7-18(25)10-20(22)24(30)31/h3-12H,13H2,1-2H3. The maximum absolute atomic E-state index is 13.0. The van der Waals surface area contributed by atoms with Crippen LogP contribution in [0.2, 0.25) is 5.02 Å². The topological polar surface area (TPSA) is 56.5 Å². The largest absolute Gasteiger partial charge is 0.487 e. The summed E-state index contributed by atoms with van der Waals surface area (Å²) < 4.78 is 8.85. The van der Waals surface area contributed by atoms with Gasteiger partial charge in [-0.05, 0) is 65.7 Å². The molecule has 0 aliphatic rings. The SMILES string of the molecule is Cc1ccc(COc2c(Br)cc(Cl)cc2C=Nn2c(C)nc3ccc(Br)cc3c2=O)cc1. The lowest BCUT2D eigenvalue weighted by Crippen LogP contribution is -2.20. The van der Waals surface area contributed by atoms with E-state index >= 15 is 0 Å². The van der Waals surface area contributed by atoms with Crippen molar-refractivity contribution in [3.8, 4) is 5.75 Å². The first-order valence-electron chi connectivity index (χ1n) is 9.72. The molecule has 0 fully saturated rings. The molecule has 0 saturated heterocycles. The highest BCUT2D eigenvalue weighted by Gasteiger charge is 2.12. The van der Waals surface area contributed by atoms with Crippen molar-refractivity contribution in [3.63, 3.8) is 0 Å². The Bertz CT molecular complexity index is 1400. The molecule has 0 aliphatic heterocycles. The van der Waals surface area contributed by atoms with Crippen LogP contribution in [0.25, 0.3) is 10.9 Å². The molecule has 0 atom stereocenters. The fraction of sp³-hybridized carbons (Fsp3) is 0.125. The van der Waals surface area contributed by atoms with E-state index in [1.807, 2.05) is 37.3 Å². The second kappa shape index (κ2) is 9.57. The summed E-state index contributed by atoms with van der Waals surface area (Å²) in [6.45, 7) is 4.16. The van der Waals surface area contributed by atoms with Crippen molar-refractivity contribution in [2.24, 2.45) is 5.10 Å². The van der Waals surface area contributed by atoms with E-state index in [1.165, 1.54) is 10.2 Å². The van der Waals surface area contributed by atoms with E-state index in [4.69, 9.17) is 16.3 Å². The summed E-state index contributed by atoms with van der Waals surface area (Å²) in [6.07, 6.45) is 1.56. The summed E-state index contributed by atoms with van der Waals surface area (Å²) in [4.78, 5) is 17.5. The zero-order valence-corrected chi connectivity index (χ0v) is 21.2. The number of aromatic nitrogens is 2. The monoisotopic (exact) mass is 573 g/mol. The molecule has 0 aliphatic carbocycles. The fourth-order valence-corrected chi connectivity index (χ4v) is 4.49. The van der Waals surface area contributed by atoms with E-state index in [9.17, 15) is 4.79 Å². The average Bonchev–Trinajstić information content (AvgIpc) is 2.74. The van der Waals surface area contributed by atoms with Crippen LogP contribution in [0.5, 0.6) is 5.75 Å². The van der Waals surface area contributed by atoms with Crippen LogP contribution in [-0.2, 0) is 6.61 Å². The van der Waals surface area contributed by atoms with Crippen LogP contribution in [0.15, 0.2) is 73.4 Å². The van der Waals surface area contributed by atoms with Gasteiger partial charge in [-0.1, -0.05) is 57.4 Å². The molecule has 5 nitrogen and oxygen atoms in total. The molecule has 32 heavy (non-hydrogen) atoms. The molecule has 0 N–H and O–H groups in total. The van der Waals surface area contributed by atoms with E-state index in [-0.39, 0.29) is 5.56 Å². The number of ether oxygens (including phenoxy) is 1. The van der Waals surface area contributed by atoms with Crippen LogP contribution >= 0.6 is 43.5 Å². The number of halogens is 3. The first-order valence-corrected chi connectivity index (χ1v) is 11.7. The molecule has 0 radical (unpaired) electrons. The van der Waals surface area contributed by atoms with Gasteiger partial charge >= 0.3 is 0 Å². The van der Waals surface area contributed by atoms with Crippen molar-refractivity contribution >= 4 is 60.6 Å². The summed E-state index contributed by atoms with van der Waals surface area (Å²) in [5, 5.41) is 5.40. The highest BCUT2D eigenvalue weighted by molar-refractivity contribution is 9.10. The van der Waals surface area contributed by atoms with Crippen molar-refractivity contribution in [2.75, 3.05) is 0 Å². The fourth-order valence-electron chi connectivity index (χ4n) is 3.18. The molecule has 1 heterocycles. The number of nitrogens with zero attached hydrogens (tertiary/aromatic N) is 3. The third-order valence-corrected chi connectivity index (χ3v) is 6.12. The van der Waals surface area contributed by atoms with E-state index in [2.05, 4.69) is 41.9 Å². The van der Waals surface area contributed by atoms with Crippen LogP contribution in [0.3, 0.4) is 0 Å². The van der Waals surface area contributed by atoms with E-state index in [0.717, 1.165) is 10.0 Å². The third-order valence-electron chi connectivity index (χ3n) is 4.82. The van der Waals surface area contributed by atoms with Gasteiger partial charge in [-0.2, -0.15) is 9.78 Å². The highest BCUT2D eigenvalue weighted by Crippen LogP contribution is 2.32. The minimum absolute atomic E-state index is 0.256. The number of aryl methyl sites for hydroxylation is 2. The quantitative estimate of drug-likeness (QED) is 0.250. The van der Waals surface area contributed by atoms with E-state index in [0.29, 0.717) is 44.1 Å². The van der Waals surface area contributed by atoms with Crippen molar-refractivity contribution in [2.45, 2.75) is 20.5 Å². The number of benzene rings is 3. The van der Waals surface area contributed by atoms with Crippen molar-refractivity contribution in [1.82, 2.24) is 9.66 Å². The Morgan fingerprint density at radius 2 is 1.84 bits per heavy atom. The van der Waals surface area contributed by atoms with Gasteiger partial charge in [0.2, 0.25) is 0 Å². The van der Waals surface area contributed by atoms with Crippen LogP contribution in [0.1, 0.15) is 22.5 Å². The number of fused-ring (bicyclic) bond motifs is 1. The van der Waals surface area contributed by atoms with Gasteiger partial charge in [-0.15, -0.1) is 0 Å². The summed E-state index contributed by atoms with van der Waals surface area (Å²) in [6, 6.07) is 17.0. The van der Waals surface area contributed by atoms with Crippen LogP contribution in [0, 0.1) is 13.8 Å². The minimum Gasteiger partial charge on any atom is -0.487 e. The molecular weight excluding hydrogens is 558 g/mol. The maximum atomic E-state index is 13.0. The molecular formula is C24H18Br2ClN3O2. The Kier molecular flexibility index (Phi) is 6.79. The molecule has 1 aromatic heterocycles. The molecule has 0 bridgehead atoms. The third kappa shape index (κ3) is 4.95. The lowest BCUT2D eigenvalue weighted by molar-refractivity contribution is 0.304. The molecule has 162 valence electrons. The first-order chi connectivity index (χ1) is 15.3. The summed E-state index contributed by atoms with van der Waals surface area (Å²) >= 11 is 13.2. The lowest BCUT2D eigenvalue weighted by atomic mass is 10.1. The molecule has 0 unspecified atom stereocenters. The molecule has 4 aromatic rings. The van der Waals surface area contributed by atoms with Crippen LogP contribution in [-0.4, -0.2) is 15.9 Å². The summed E-state index contributed by atoms with van der Waals surface area (Å²) in [5.41, 5.74) is 3.22. The predicted octanol–water partition coefficient (Wildman–Crippen LogP) is 6.65. The highest BCUT2D eigenvalue weighted by atomic mass is 79.9. The number of hydrogen-bond donors (Lipinski definition) is 0. The normalized spacial score (nSPS) is 11.4. The Hall–Kier alpha value is -2.48.